The van der Waals surface area contributed by atoms with Crippen LogP contribution in [0.3, 0.4) is 0 Å². The number of hydrogen-bond donors (Lipinski definition) is 1. The Kier molecular flexibility index (Phi) is 7.99. The van der Waals surface area contributed by atoms with Crippen molar-refractivity contribution in [1.82, 2.24) is 5.32 Å². The summed E-state index contributed by atoms with van der Waals surface area (Å²) in [5.41, 5.74) is 1.84. The van der Waals surface area contributed by atoms with E-state index in [-0.39, 0.29) is 5.91 Å². The number of ether oxygens (including phenoxy) is 3. The molecule has 1 amide bonds. The minimum atomic E-state index is -0.177. The molecule has 2 aromatic carbocycles. The minimum absolute atomic E-state index is 0.177. The summed E-state index contributed by atoms with van der Waals surface area (Å²) in [7, 11) is 3.17. The molecule has 2 aromatic rings. The van der Waals surface area contributed by atoms with Crippen LogP contribution in [0.2, 0.25) is 5.02 Å². The van der Waals surface area contributed by atoms with Gasteiger partial charge >= 0.3 is 0 Å². The topological polar surface area (TPSA) is 56.8 Å². The van der Waals surface area contributed by atoms with Crippen molar-refractivity contribution < 1.29 is 19.0 Å². The van der Waals surface area contributed by atoms with Gasteiger partial charge in [0.1, 0.15) is 6.61 Å². The van der Waals surface area contributed by atoms with Gasteiger partial charge in [-0.25, -0.2) is 0 Å². The monoisotopic (exact) mass is 375 g/mol. The lowest BCUT2D eigenvalue weighted by molar-refractivity contribution is -0.116. The molecule has 0 spiro atoms. The Morgan fingerprint density at radius 1 is 1.12 bits per heavy atom. The molecule has 0 bridgehead atoms. The van der Waals surface area contributed by atoms with Crippen molar-refractivity contribution in [2.24, 2.45) is 0 Å². The zero-order valence-corrected chi connectivity index (χ0v) is 15.6. The highest BCUT2D eigenvalue weighted by Crippen LogP contribution is 2.29. The van der Waals surface area contributed by atoms with E-state index in [9.17, 15) is 4.79 Å². The molecule has 26 heavy (non-hydrogen) atoms. The Hall–Kier alpha value is -2.50. The number of rotatable bonds is 9. The van der Waals surface area contributed by atoms with Gasteiger partial charge in [-0.2, -0.15) is 0 Å². The smallest absolute Gasteiger partial charge is 0.244 e. The van der Waals surface area contributed by atoms with Crippen molar-refractivity contribution >= 4 is 23.6 Å². The van der Waals surface area contributed by atoms with E-state index in [1.807, 2.05) is 42.5 Å². The Bertz CT molecular complexity index is 744. The van der Waals surface area contributed by atoms with Crippen LogP contribution in [0.15, 0.2) is 48.5 Å². The van der Waals surface area contributed by atoms with Crippen molar-refractivity contribution in [2.75, 3.05) is 27.4 Å². The van der Waals surface area contributed by atoms with Gasteiger partial charge in [0.05, 0.1) is 13.7 Å². The normalized spacial score (nSPS) is 10.7. The number of carbonyl (C=O) groups excluding carboxylic acids is 1. The highest BCUT2D eigenvalue weighted by atomic mass is 35.5. The van der Waals surface area contributed by atoms with Crippen LogP contribution in [0.25, 0.3) is 6.08 Å². The summed E-state index contributed by atoms with van der Waals surface area (Å²) in [6, 6.07) is 13.0. The largest absolute Gasteiger partial charge is 0.493 e. The number of carbonyl (C=O) groups is 1. The maximum Gasteiger partial charge on any atom is 0.244 e. The van der Waals surface area contributed by atoms with Crippen LogP contribution < -0.4 is 14.8 Å². The van der Waals surface area contributed by atoms with Gasteiger partial charge in [-0.3, -0.25) is 4.79 Å². The molecular weight excluding hydrogens is 354 g/mol. The third kappa shape index (κ3) is 6.43. The van der Waals surface area contributed by atoms with Gasteiger partial charge in [-0.1, -0.05) is 29.8 Å². The molecule has 0 aliphatic heterocycles. The molecule has 2 rings (SSSR count). The van der Waals surface area contributed by atoms with E-state index in [0.29, 0.717) is 36.3 Å². The first-order chi connectivity index (χ1) is 12.6. The second-order valence-corrected chi connectivity index (χ2v) is 5.88. The SMILES string of the molecule is COCCNC(=O)/C=C/c1ccc(OCc2ccc(Cl)cc2)c(OC)c1. The van der Waals surface area contributed by atoms with Crippen LogP contribution in [0.4, 0.5) is 0 Å². The van der Waals surface area contributed by atoms with Gasteiger partial charge in [0.2, 0.25) is 5.91 Å². The lowest BCUT2D eigenvalue weighted by Gasteiger charge is -2.11. The van der Waals surface area contributed by atoms with E-state index in [0.717, 1.165) is 11.1 Å². The summed E-state index contributed by atoms with van der Waals surface area (Å²) >= 11 is 5.88. The Morgan fingerprint density at radius 3 is 2.58 bits per heavy atom. The van der Waals surface area contributed by atoms with Gasteiger partial charge < -0.3 is 19.5 Å². The number of benzene rings is 2. The molecule has 0 radical (unpaired) electrons. The fraction of sp³-hybridized carbons (Fsp3) is 0.250. The van der Waals surface area contributed by atoms with E-state index in [4.69, 9.17) is 25.8 Å². The first kappa shape index (κ1) is 19.8. The van der Waals surface area contributed by atoms with E-state index in [2.05, 4.69) is 5.32 Å². The van der Waals surface area contributed by atoms with Gasteiger partial charge in [0.15, 0.2) is 11.5 Å². The van der Waals surface area contributed by atoms with Crippen LogP contribution >= 0.6 is 11.6 Å². The van der Waals surface area contributed by atoms with Crippen LogP contribution in [0, 0.1) is 0 Å². The van der Waals surface area contributed by atoms with E-state index in [1.165, 1.54) is 6.08 Å². The average molecular weight is 376 g/mol. The molecule has 0 saturated heterocycles. The van der Waals surface area contributed by atoms with Gasteiger partial charge in [0, 0.05) is 24.8 Å². The molecule has 0 saturated carbocycles. The lowest BCUT2D eigenvalue weighted by Crippen LogP contribution is -2.24. The zero-order valence-electron chi connectivity index (χ0n) is 14.8. The zero-order chi connectivity index (χ0) is 18.8. The Labute approximate surface area is 158 Å². The molecule has 0 aromatic heterocycles. The van der Waals surface area contributed by atoms with E-state index < -0.39 is 0 Å². The number of methoxy groups -OCH3 is 2. The van der Waals surface area contributed by atoms with Crippen molar-refractivity contribution in [3.05, 3.63) is 64.7 Å². The first-order valence-electron chi connectivity index (χ1n) is 8.12. The van der Waals surface area contributed by atoms with Crippen molar-refractivity contribution in [2.45, 2.75) is 6.61 Å². The number of hydrogen-bond acceptors (Lipinski definition) is 4. The van der Waals surface area contributed by atoms with Gasteiger partial charge in [-0.05, 0) is 41.5 Å². The van der Waals surface area contributed by atoms with E-state index in [1.54, 1.807) is 20.3 Å². The predicted molar refractivity (Wildman–Crippen MR) is 103 cm³/mol. The standard InChI is InChI=1S/C20H22ClNO4/c1-24-12-11-22-20(23)10-6-15-5-9-18(19(13-15)25-2)26-14-16-3-7-17(21)8-4-16/h3-10,13H,11-12,14H2,1-2H3,(H,22,23)/b10-6+. The quantitative estimate of drug-likeness (QED) is 0.536. The predicted octanol–water partition coefficient (Wildman–Crippen LogP) is 3.70. The molecule has 1 N–H and O–H groups in total. The summed E-state index contributed by atoms with van der Waals surface area (Å²) in [6.07, 6.45) is 3.19. The number of halogens is 1. The molecule has 0 heterocycles. The molecular formula is C20H22ClNO4. The van der Waals surface area contributed by atoms with Gasteiger partial charge in [-0.15, -0.1) is 0 Å². The molecule has 0 unspecified atom stereocenters. The molecule has 0 atom stereocenters. The maximum atomic E-state index is 11.7. The molecule has 5 nitrogen and oxygen atoms in total. The third-order valence-electron chi connectivity index (χ3n) is 3.53. The fourth-order valence-corrected chi connectivity index (χ4v) is 2.28. The van der Waals surface area contributed by atoms with Crippen LogP contribution in [0.5, 0.6) is 11.5 Å². The lowest BCUT2D eigenvalue weighted by atomic mass is 10.2. The number of amides is 1. The minimum Gasteiger partial charge on any atom is -0.493 e. The second-order valence-electron chi connectivity index (χ2n) is 5.44. The van der Waals surface area contributed by atoms with Crippen molar-refractivity contribution in [3.63, 3.8) is 0 Å². The summed E-state index contributed by atoms with van der Waals surface area (Å²) in [6.45, 7) is 1.36. The molecule has 0 aliphatic carbocycles. The molecule has 0 aliphatic rings. The fourth-order valence-electron chi connectivity index (χ4n) is 2.16. The second kappa shape index (κ2) is 10.5. The number of nitrogens with one attached hydrogen (secondary N) is 1. The first-order valence-corrected chi connectivity index (χ1v) is 8.50. The van der Waals surface area contributed by atoms with Crippen LogP contribution in [0.1, 0.15) is 11.1 Å². The van der Waals surface area contributed by atoms with Crippen molar-refractivity contribution in [3.8, 4) is 11.5 Å². The Morgan fingerprint density at radius 2 is 1.88 bits per heavy atom. The van der Waals surface area contributed by atoms with E-state index >= 15 is 0 Å². The highest BCUT2D eigenvalue weighted by Gasteiger charge is 2.06. The summed E-state index contributed by atoms with van der Waals surface area (Å²) in [5.74, 6) is 1.05. The Balaban J connectivity index is 1.97. The summed E-state index contributed by atoms with van der Waals surface area (Å²) < 4.78 is 16.1. The highest BCUT2D eigenvalue weighted by molar-refractivity contribution is 6.30. The molecule has 6 heteroatoms. The van der Waals surface area contributed by atoms with Crippen molar-refractivity contribution in [1.29, 1.82) is 0 Å². The average Bonchev–Trinajstić information content (AvgIpc) is 2.66. The summed E-state index contributed by atoms with van der Waals surface area (Å²) in [4.78, 5) is 11.7. The van der Waals surface area contributed by atoms with Crippen LogP contribution in [-0.4, -0.2) is 33.3 Å². The van der Waals surface area contributed by atoms with Gasteiger partial charge in [0.25, 0.3) is 0 Å². The molecule has 138 valence electrons. The third-order valence-corrected chi connectivity index (χ3v) is 3.78. The van der Waals surface area contributed by atoms with Crippen LogP contribution in [-0.2, 0) is 16.1 Å². The summed E-state index contributed by atoms with van der Waals surface area (Å²) in [5, 5.41) is 3.41. The maximum absolute atomic E-state index is 11.7. The molecule has 0 fully saturated rings.